The van der Waals surface area contributed by atoms with Crippen molar-refractivity contribution in [2.24, 2.45) is 0 Å². The summed E-state index contributed by atoms with van der Waals surface area (Å²) in [5.41, 5.74) is 3.90. The van der Waals surface area contributed by atoms with E-state index in [1.807, 2.05) is 35.1 Å². The van der Waals surface area contributed by atoms with Crippen LogP contribution in [-0.2, 0) is 22.6 Å². The predicted molar refractivity (Wildman–Crippen MR) is 133 cm³/mol. The smallest absolute Gasteiger partial charge is 0.158 e. The molecule has 10 nitrogen and oxygen atoms in total. The van der Waals surface area contributed by atoms with Crippen LogP contribution < -0.4 is 5.32 Å². The molecule has 0 spiro atoms. The van der Waals surface area contributed by atoms with Gasteiger partial charge < -0.3 is 20.2 Å². The molecule has 4 heterocycles. The molecule has 1 aliphatic rings. The summed E-state index contributed by atoms with van der Waals surface area (Å²) in [6, 6.07) is 10.0. The molecular formula is C25H28N8O2. The van der Waals surface area contributed by atoms with Gasteiger partial charge in [-0.1, -0.05) is 23.9 Å². The Morgan fingerprint density at radius 2 is 2.26 bits per heavy atom. The van der Waals surface area contributed by atoms with Crippen LogP contribution in [0.15, 0.2) is 55.5 Å². The number of ether oxygens (including phenoxy) is 2. The van der Waals surface area contributed by atoms with Crippen LogP contribution in [0.5, 0.6) is 0 Å². The first kappa shape index (κ1) is 22.9. The van der Waals surface area contributed by atoms with Crippen molar-refractivity contribution < 1.29 is 9.47 Å². The zero-order valence-corrected chi connectivity index (χ0v) is 19.4. The summed E-state index contributed by atoms with van der Waals surface area (Å²) in [6.45, 7) is 6.57. The van der Waals surface area contributed by atoms with Crippen molar-refractivity contribution >= 4 is 28.6 Å². The Bertz CT molecular complexity index is 1320. The molecule has 2 N–H and O–H groups in total. The molecule has 180 valence electrons. The Labute approximate surface area is 203 Å². The molecule has 1 atom stereocenters. The van der Waals surface area contributed by atoms with Gasteiger partial charge in [-0.05, 0) is 43.0 Å². The lowest BCUT2D eigenvalue weighted by atomic mass is 10.1. The summed E-state index contributed by atoms with van der Waals surface area (Å²) in [7, 11) is 0. The van der Waals surface area contributed by atoms with Gasteiger partial charge in [0.25, 0.3) is 0 Å². The van der Waals surface area contributed by atoms with Gasteiger partial charge in [-0.2, -0.15) is 5.10 Å². The van der Waals surface area contributed by atoms with Crippen molar-refractivity contribution in [2.75, 3.05) is 18.5 Å². The van der Waals surface area contributed by atoms with E-state index < -0.39 is 0 Å². The summed E-state index contributed by atoms with van der Waals surface area (Å²) in [6.07, 6.45) is 9.70. The Kier molecular flexibility index (Phi) is 6.92. The van der Waals surface area contributed by atoms with Crippen LogP contribution in [0.1, 0.15) is 36.1 Å². The van der Waals surface area contributed by atoms with Gasteiger partial charge in [-0.3, -0.25) is 9.67 Å². The molecule has 5 rings (SSSR count). The third kappa shape index (κ3) is 5.44. The van der Waals surface area contributed by atoms with Crippen molar-refractivity contribution in [1.29, 1.82) is 5.41 Å². The summed E-state index contributed by atoms with van der Waals surface area (Å²) in [5, 5.41) is 24.9. The van der Waals surface area contributed by atoms with E-state index >= 15 is 0 Å². The second-order valence-electron chi connectivity index (χ2n) is 8.42. The highest BCUT2D eigenvalue weighted by Crippen LogP contribution is 2.21. The van der Waals surface area contributed by atoms with E-state index in [-0.39, 0.29) is 6.29 Å². The summed E-state index contributed by atoms with van der Waals surface area (Å²) >= 11 is 0. The van der Waals surface area contributed by atoms with Gasteiger partial charge in [0.1, 0.15) is 5.69 Å². The Morgan fingerprint density at radius 1 is 1.31 bits per heavy atom. The van der Waals surface area contributed by atoms with Gasteiger partial charge in [0, 0.05) is 41.9 Å². The van der Waals surface area contributed by atoms with Crippen molar-refractivity contribution in [1.82, 2.24) is 29.8 Å². The number of aromatic nitrogens is 6. The Hall–Kier alpha value is -3.89. The molecule has 0 saturated carbocycles. The van der Waals surface area contributed by atoms with Gasteiger partial charge in [-0.25, -0.2) is 4.68 Å². The van der Waals surface area contributed by atoms with Gasteiger partial charge >= 0.3 is 0 Å². The number of pyridine rings is 1. The highest BCUT2D eigenvalue weighted by atomic mass is 16.7. The molecule has 1 saturated heterocycles. The number of benzene rings is 1. The lowest BCUT2D eigenvalue weighted by molar-refractivity contribution is -0.163. The minimum absolute atomic E-state index is 0.110. The fourth-order valence-electron chi connectivity index (χ4n) is 4.04. The molecule has 0 aliphatic carbocycles. The van der Waals surface area contributed by atoms with Gasteiger partial charge in [0.15, 0.2) is 12.1 Å². The summed E-state index contributed by atoms with van der Waals surface area (Å²) < 4.78 is 15.0. The average Bonchev–Trinajstić information content (AvgIpc) is 3.52. The molecule has 1 aromatic carbocycles. The normalized spacial score (nSPS) is 15.8. The Morgan fingerprint density at radius 3 is 3.11 bits per heavy atom. The van der Waals surface area contributed by atoms with E-state index in [0.717, 1.165) is 47.9 Å². The minimum Gasteiger partial charge on any atom is -0.353 e. The molecular weight excluding hydrogens is 444 g/mol. The predicted octanol–water partition coefficient (Wildman–Crippen LogP) is 3.69. The largest absolute Gasteiger partial charge is 0.353 e. The maximum Gasteiger partial charge on any atom is 0.158 e. The number of nitrogens with zero attached hydrogens (tertiary/aromatic N) is 6. The highest BCUT2D eigenvalue weighted by Gasteiger charge is 2.16. The quantitative estimate of drug-likeness (QED) is 0.338. The minimum atomic E-state index is -0.110. The third-order valence-electron chi connectivity index (χ3n) is 5.91. The van der Waals surface area contributed by atoms with Gasteiger partial charge in [-0.15, -0.1) is 5.10 Å². The number of hydrogen-bond acceptors (Lipinski definition) is 8. The average molecular weight is 473 g/mol. The number of hydrogen-bond donors (Lipinski definition) is 2. The third-order valence-corrected chi connectivity index (χ3v) is 5.91. The SMILES string of the molecule is C=C(Nc1c(C=N)nnn1Cc1ccc2ncccc2c1)c1cnn(CCOC2CCCCO2)c1. The molecule has 1 unspecified atom stereocenters. The molecule has 0 radical (unpaired) electrons. The monoisotopic (exact) mass is 472 g/mol. The van der Waals surface area contributed by atoms with Crippen LogP contribution in [0.25, 0.3) is 16.6 Å². The van der Waals surface area contributed by atoms with Crippen LogP contribution in [0.3, 0.4) is 0 Å². The first-order valence-electron chi connectivity index (χ1n) is 11.7. The van der Waals surface area contributed by atoms with Crippen LogP contribution in [0, 0.1) is 5.41 Å². The zero-order valence-electron chi connectivity index (χ0n) is 19.4. The lowest BCUT2D eigenvalue weighted by Gasteiger charge is -2.22. The number of rotatable bonds is 10. The van der Waals surface area contributed by atoms with Crippen LogP contribution >= 0.6 is 0 Å². The molecule has 1 fully saturated rings. The molecule has 0 amide bonds. The van der Waals surface area contributed by atoms with E-state index in [1.165, 1.54) is 6.21 Å². The molecule has 1 aliphatic heterocycles. The van der Waals surface area contributed by atoms with E-state index in [2.05, 4.69) is 38.4 Å². The van der Waals surface area contributed by atoms with E-state index in [9.17, 15) is 0 Å². The first-order valence-corrected chi connectivity index (χ1v) is 11.7. The van der Waals surface area contributed by atoms with Crippen LogP contribution in [0.4, 0.5) is 5.82 Å². The summed E-state index contributed by atoms with van der Waals surface area (Å²) in [5.74, 6) is 0.599. The fourth-order valence-corrected chi connectivity index (χ4v) is 4.04. The van der Waals surface area contributed by atoms with Gasteiger partial charge in [0.05, 0.1) is 31.4 Å². The van der Waals surface area contributed by atoms with Crippen LogP contribution in [0.2, 0.25) is 0 Å². The Balaban J connectivity index is 1.24. The molecule has 3 aromatic heterocycles. The van der Waals surface area contributed by atoms with Crippen molar-refractivity contribution in [3.8, 4) is 0 Å². The van der Waals surface area contributed by atoms with E-state index in [0.29, 0.717) is 36.9 Å². The van der Waals surface area contributed by atoms with Crippen molar-refractivity contribution in [3.63, 3.8) is 0 Å². The number of fused-ring (bicyclic) bond motifs is 1. The van der Waals surface area contributed by atoms with Crippen molar-refractivity contribution in [3.05, 3.63) is 72.3 Å². The molecule has 10 heteroatoms. The maximum atomic E-state index is 7.74. The second-order valence-corrected chi connectivity index (χ2v) is 8.42. The molecule has 4 aromatic rings. The maximum absolute atomic E-state index is 7.74. The highest BCUT2D eigenvalue weighted by molar-refractivity contribution is 5.86. The van der Waals surface area contributed by atoms with Gasteiger partial charge in [0.2, 0.25) is 0 Å². The van der Waals surface area contributed by atoms with E-state index in [4.69, 9.17) is 14.9 Å². The zero-order chi connectivity index (χ0) is 24.0. The van der Waals surface area contributed by atoms with Crippen LogP contribution in [-0.4, -0.2) is 55.5 Å². The van der Waals surface area contributed by atoms with E-state index in [1.54, 1.807) is 17.1 Å². The summed E-state index contributed by atoms with van der Waals surface area (Å²) in [4.78, 5) is 4.37. The standard InChI is InChI=1S/C25H28N8O2/c1-18(21-15-28-32(17-21)10-12-35-24-6-2-3-11-34-24)29-25-23(14-26)30-31-33(25)16-19-7-8-22-20(13-19)5-4-9-27-22/h4-5,7-9,13-15,17,24,26,29H,1-3,6,10-12,16H2. The number of anilines is 1. The lowest BCUT2D eigenvalue weighted by Crippen LogP contribution is -2.24. The number of nitrogens with one attached hydrogen (secondary N) is 2. The topological polar surface area (TPSA) is 116 Å². The second kappa shape index (κ2) is 10.6. The molecule has 0 bridgehead atoms. The fraction of sp³-hybridized carbons (Fsp3) is 0.320. The first-order chi connectivity index (χ1) is 17.2. The molecule has 35 heavy (non-hydrogen) atoms. The van der Waals surface area contributed by atoms with Crippen molar-refractivity contribution in [2.45, 2.75) is 38.6 Å².